The molecule has 0 aliphatic heterocycles. The van der Waals surface area contributed by atoms with E-state index in [1.54, 1.807) is 18.2 Å². The molecule has 0 unspecified atom stereocenters. The third-order valence-corrected chi connectivity index (χ3v) is 5.23. The van der Waals surface area contributed by atoms with Crippen molar-refractivity contribution in [1.29, 1.82) is 0 Å². The molecule has 0 bridgehead atoms. The molecule has 0 aliphatic carbocycles. The molecule has 188 valence electrons. The lowest BCUT2D eigenvalue weighted by Crippen LogP contribution is -2.54. The molecule has 0 radical (unpaired) electrons. The molecule has 10 heteroatoms. The van der Waals surface area contributed by atoms with Gasteiger partial charge < -0.3 is 14.5 Å². The van der Waals surface area contributed by atoms with Crippen LogP contribution in [0.1, 0.15) is 51.9 Å². The van der Waals surface area contributed by atoms with Crippen molar-refractivity contribution < 1.29 is 18.7 Å². The standard InChI is InChI=1S/C25H34N6O4/c1-8-9-18(24(33)26-25(4,5)6)31(19-14-16(2)10-12-20(19)34-7)22(32)15-30-28-23(27-29-30)21-13-11-17(3)35-21/h10-14,18H,8-9,15H2,1-7H3,(H,26,33)/t18-/m1/s1. The predicted octanol–water partition coefficient (Wildman–Crippen LogP) is 3.68. The summed E-state index contributed by atoms with van der Waals surface area (Å²) in [6, 6.07) is 8.33. The van der Waals surface area contributed by atoms with Crippen molar-refractivity contribution in [1.82, 2.24) is 25.5 Å². The van der Waals surface area contributed by atoms with E-state index >= 15 is 0 Å². The summed E-state index contributed by atoms with van der Waals surface area (Å²) in [5.74, 6) is 1.35. The second-order valence-electron chi connectivity index (χ2n) is 9.54. The summed E-state index contributed by atoms with van der Waals surface area (Å²) in [5.41, 5.74) is 0.985. The number of methoxy groups -OCH3 is 1. The molecule has 10 nitrogen and oxygen atoms in total. The third kappa shape index (κ3) is 6.46. The van der Waals surface area contributed by atoms with Gasteiger partial charge in [-0.05, 0) is 76.1 Å². The summed E-state index contributed by atoms with van der Waals surface area (Å²) in [5, 5.41) is 15.4. The van der Waals surface area contributed by atoms with E-state index in [9.17, 15) is 9.59 Å². The van der Waals surface area contributed by atoms with Crippen LogP contribution in [-0.2, 0) is 16.1 Å². The third-order valence-electron chi connectivity index (χ3n) is 5.23. The van der Waals surface area contributed by atoms with Crippen LogP contribution in [0, 0.1) is 13.8 Å². The van der Waals surface area contributed by atoms with Crippen molar-refractivity contribution in [3.63, 3.8) is 0 Å². The fraction of sp³-hybridized carbons (Fsp3) is 0.480. The Kier molecular flexibility index (Phi) is 7.93. The molecule has 2 amide bonds. The number of benzene rings is 1. The number of hydrogen-bond donors (Lipinski definition) is 1. The Morgan fingerprint density at radius 2 is 1.94 bits per heavy atom. The van der Waals surface area contributed by atoms with Crippen molar-refractivity contribution in [2.75, 3.05) is 12.0 Å². The summed E-state index contributed by atoms with van der Waals surface area (Å²) >= 11 is 0. The Morgan fingerprint density at radius 1 is 1.20 bits per heavy atom. The van der Waals surface area contributed by atoms with Gasteiger partial charge in [-0.25, -0.2) is 0 Å². The lowest BCUT2D eigenvalue weighted by atomic mass is 10.0. The minimum atomic E-state index is -0.752. The van der Waals surface area contributed by atoms with E-state index in [4.69, 9.17) is 9.15 Å². The van der Waals surface area contributed by atoms with Crippen molar-refractivity contribution in [3.05, 3.63) is 41.7 Å². The molecule has 1 aromatic carbocycles. The van der Waals surface area contributed by atoms with Gasteiger partial charge in [-0.2, -0.15) is 4.80 Å². The first-order valence-electron chi connectivity index (χ1n) is 11.7. The first kappa shape index (κ1) is 25.9. The number of aromatic nitrogens is 4. The number of carbonyl (C=O) groups excluding carboxylic acids is 2. The number of hydrogen-bond acceptors (Lipinski definition) is 7. The molecule has 0 fully saturated rings. The highest BCUT2D eigenvalue weighted by Crippen LogP contribution is 2.32. The van der Waals surface area contributed by atoms with Gasteiger partial charge in [0.05, 0.1) is 12.8 Å². The van der Waals surface area contributed by atoms with Crippen LogP contribution in [0.3, 0.4) is 0 Å². The Morgan fingerprint density at radius 3 is 2.54 bits per heavy atom. The zero-order valence-electron chi connectivity index (χ0n) is 21.5. The van der Waals surface area contributed by atoms with Crippen LogP contribution in [0.15, 0.2) is 34.7 Å². The molecule has 2 heterocycles. The second kappa shape index (κ2) is 10.7. The predicted molar refractivity (Wildman–Crippen MR) is 132 cm³/mol. The van der Waals surface area contributed by atoms with E-state index in [1.165, 1.54) is 16.8 Å². The number of amides is 2. The number of rotatable bonds is 9. The van der Waals surface area contributed by atoms with Crippen LogP contribution in [0.5, 0.6) is 5.75 Å². The second-order valence-corrected chi connectivity index (χ2v) is 9.54. The summed E-state index contributed by atoms with van der Waals surface area (Å²) in [6.45, 7) is 11.2. The summed E-state index contributed by atoms with van der Waals surface area (Å²) < 4.78 is 11.1. The molecule has 1 atom stereocenters. The van der Waals surface area contributed by atoms with Crippen LogP contribution < -0.4 is 15.0 Å². The first-order valence-corrected chi connectivity index (χ1v) is 11.7. The zero-order valence-corrected chi connectivity index (χ0v) is 21.5. The Hall–Kier alpha value is -3.69. The lowest BCUT2D eigenvalue weighted by Gasteiger charge is -2.34. The number of carbonyl (C=O) groups is 2. The SMILES string of the molecule is CCC[C@H](C(=O)NC(C)(C)C)N(C(=O)Cn1nnc(-c2ccc(C)o2)n1)c1cc(C)ccc1OC. The number of tetrazole rings is 1. The van der Waals surface area contributed by atoms with Crippen LogP contribution in [0.4, 0.5) is 5.69 Å². The van der Waals surface area contributed by atoms with Gasteiger partial charge >= 0.3 is 0 Å². The highest BCUT2D eigenvalue weighted by atomic mass is 16.5. The molecule has 3 rings (SSSR count). The average molecular weight is 483 g/mol. The number of aryl methyl sites for hydroxylation is 2. The Balaban J connectivity index is 2.00. The molecule has 0 aliphatic rings. The fourth-order valence-corrected chi connectivity index (χ4v) is 3.73. The van der Waals surface area contributed by atoms with Crippen molar-refractivity contribution in [2.45, 2.75) is 72.5 Å². The maximum absolute atomic E-state index is 13.8. The molecule has 2 aromatic heterocycles. The highest BCUT2D eigenvalue weighted by Gasteiger charge is 2.34. The number of ether oxygens (including phenoxy) is 1. The minimum absolute atomic E-state index is 0.215. The van der Waals surface area contributed by atoms with E-state index in [0.717, 1.165) is 11.3 Å². The normalized spacial score (nSPS) is 12.3. The summed E-state index contributed by atoms with van der Waals surface area (Å²) in [4.78, 5) is 29.9. The van der Waals surface area contributed by atoms with Crippen LogP contribution in [0.2, 0.25) is 0 Å². The number of furan rings is 1. The quantitative estimate of drug-likeness (QED) is 0.495. The maximum Gasteiger partial charge on any atom is 0.251 e. The number of nitrogens with one attached hydrogen (secondary N) is 1. The van der Waals surface area contributed by atoms with Crippen molar-refractivity contribution >= 4 is 17.5 Å². The van der Waals surface area contributed by atoms with Gasteiger partial charge in [-0.15, -0.1) is 10.2 Å². The molecular weight excluding hydrogens is 448 g/mol. The van der Waals surface area contributed by atoms with Gasteiger partial charge in [-0.1, -0.05) is 19.4 Å². The Labute approximate surface area is 205 Å². The van der Waals surface area contributed by atoms with Crippen LogP contribution in [0.25, 0.3) is 11.6 Å². The van der Waals surface area contributed by atoms with Gasteiger partial charge in [0.2, 0.25) is 11.7 Å². The van der Waals surface area contributed by atoms with E-state index in [0.29, 0.717) is 30.0 Å². The molecule has 1 N–H and O–H groups in total. The van der Waals surface area contributed by atoms with Gasteiger partial charge in [0.25, 0.3) is 5.91 Å². The number of anilines is 1. The average Bonchev–Trinajstić information content (AvgIpc) is 3.41. The van der Waals surface area contributed by atoms with Crippen LogP contribution in [-0.4, -0.2) is 50.7 Å². The van der Waals surface area contributed by atoms with Gasteiger partial charge in [0.15, 0.2) is 5.76 Å². The highest BCUT2D eigenvalue weighted by molar-refractivity contribution is 6.02. The van der Waals surface area contributed by atoms with E-state index in [2.05, 4.69) is 20.7 Å². The molecule has 35 heavy (non-hydrogen) atoms. The minimum Gasteiger partial charge on any atom is -0.495 e. The smallest absolute Gasteiger partial charge is 0.251 e. The summed E-state index contributed by atoms with van der Waals surface area (Å²) in [7, 11) is 1.54. The fourth-order valence-electron chi connectivity index (χ4n) is 3.73. The van der Waals surface area contributed by atoms with Crippen molar-refractivity contribution in [2.24, 2.45) is 0 Å². The van der Waals surface area contributed by atoms with E-state index in [1.807, 2.05) is 53.7 Å². The zero-order chi connectivity index (χ0) is 25.8. The number of nitrogens with zero attached hydrogens (tertiary/aromatic N) is 5. The van der Waals surface area contributed by atoms with Crippen molar-refractivity contribution in [3.8, 4) is 17.3 Å². The molecule has 3 aromatic rings. The van der Waals surface area contributed by atoms with E-state index < -0.39 is 11.6 Å². The molecule has 0 spiro atoms. The van der Waals surface area contributed by atoms with Gasteiger partial charge in [-0.3, -0.25) is 14.5 Å². The lowest BCUT2D eigenvalue weighted by molar-refractivity contribution is -0.128. The topological polar surface area (TPSA) is 115 Å². The van der Waals surface area contributed by atoms with Gasteiger partial charge in [0.1, 0.15) is 24.1 Å². The van der Waals surface area contributed by atoms with Crippen LogP contribution >= 0.6 is 0 Å². The largest absolute Gasteiger partial charge is 0.495 e. The maximum atomic E-state index is 13.8. The monoisotopic (exact) mass is 482 g/mol. The van der Waals surface area contributed by atoms with E-state index in [-0.39, 0.29) is 24.2 Å². The molecule has 0 saturated heterocycles. The molecule has 0 saturated carbocycles. The van der Waals surface area contributed by atoms with Gasteiger partial charge in [0, 0.05) is 5.54 Å². The molecular formula is C25H34N6O4. The summed E-state index contributed by atoms with van der Waals surface area (Å²) in [6.07, 6.45) is 1.16. The first-order chi connectivity index (χ1) is 16.5. The Bertz CT molecular complexity index is 1180.